The van der Waals surface area contributed by atoms with Crippen molar-refractivity contribution in [3.63, 3.8) is 0 Å². The maximum Gasteiger partial charge on any atom is 0.250 e. The molecule has 0 fully saturated rings. The summed E-state index contributed by atoms with van der Waals surface area (Å²) in [4.78, 5) is 15.1. The minimum Gasteiger partial charge on any atom is -0.366 e. The maximum absolute atomic E-state index is 11.1. The normalized spacial score (nSPS) is 10.6. The Morgan fingerprint density at radius 3 is 2.33 bits per heavy atom. The van der Waals surface area contributed by atoms with E-state index < -0.39 is 5.91 Å². The van der Waals surface area contributed by atoms with Crippen molar-refractivity contribution in [3.8, 4) is 11.1 Å². The lowest BCUT2D eigenvalue weighted by Crippen LogP contribution is -2.11. The Bertz CT molecular complexity index is 559. The standard InChI is InChI=1S/C15H16N2O/c1-10(2)11-3-5-12(6-4-11)13-7-14(15(16)18)9-17-8-13/h3-10H,1-2H3,(H2,16,18). The largest absolute Gasteiger partial charge is 0.366 e. The number of hydrogen-bond donors (Lipinski definition) is 1. The molecule has 0 atom stereocenters. The Hall–Kier alpha value is -2.16. The van der Waals surface area contributed by atoms with Gasteiger partial charge in [0.1, 0.15) is 0 Å². The van der Waals surface area contributed by atoms with Gasteiger partial charge in [-0.2, -0.15) is 0 Å². The van der Waals surface area contributed by atoms with Crippen molar-refractivity contribution >= 4 is 5.91 Å². The molecule has 0 unspecified atom stereocenters. The molecule has 2 aromatic rings. The van der Waals surface area contributed by atoms with Crippen LogP contribution in [0.15, 0.2) is 42.7 Å². The third-order valence-electron chi connectivity index (χ3n) is 2.93. The lowest BCUT2D eigenvalue weighted by atomic mass is 9.99. The molecule has 1 heterocycles. The van der Waals surface area contributed by atoms with Crippen LogP contribution in [0.1, 0.15) is 35.7 Å². The zero-order valence-electron chi connectivity index (χ0n) is 10.6. The molecular formula is C15H16N2O. The van der Waals surface area contributed by atoms with Crippen LogP contribution in [0.4, 0.5) is 0 Å². The smallest absolute Gasteiger partial charge is 0.250 e. The number of carbonyl (C=O) groups excluding carboxylic acids is 1. The Labute approximate surface area is 107 Å². The number of pyridine rings is 1. The first-order valence-corrected chi connectivity index (χ1v) is 5.93. The van der Waals surface area contributed by atoms with Gasteiger partial charge in [-0.3, -0.25) is 9.78 Å². The molecule has 0 saturated carbocycles. The molecule has 0 aliphatic rings. The van der Waals surface area contributed by atoms with E-state index in [1.165, 1.54) is 11.8 Å². The average molecular weight is 240 g/mol. The second kappa shape index (κ2) is 5.00. The SMILES string of the molecule is CC(C)c1ccc(-c2cncc(C(N)=O)c2)cc1. The number of hydrogen-bond acceptors (Lipinski definition) is 2. The lowest BCUT2D eigenvalue weighted by Gasteiger charge is -2.07. The second-order valence-electron chi connectivity index (χ2n) is 4.60. The van der Waals surface area contributed by atoms with Gasteiger partial charge in [-0.1, -0.05) is 38.1 Å². The molecule has 1 aromatic carbocycles. The van der Waals surface area contributed by atoms with Crippen LogP contribution in [0.5, 0.6) is 0 Å². The van der Waals surface area contributed by atoms with Gasteiger partial charge in [0.15, 0.2) is 0 Å². The number of aromatic nitrogens is 1. The third-order valence-corrected chi connectivity index (χ3v) is 2.93. The summed E-state index contributed by atoms with van der Waals surface area (Å²) in [5.41, 5.74) is 8.91. The number of nitrogens with zero attached hydrogens (tertiary/aromatic N) is 1. The van der Waals surface area contributed by atoms with E-state index >= 15 is 0 Å². The van der Waals surface area contributed by atoms with Gasteiger partial charge in [0, 0.05) is 18.0 Å². The number of benzene rings is 1. The highest BCUT2D eigenvalue weighted by Crippen LogP contribution is 2.22. The Morgan fingerprint density at radius 2 is 1.78 bits per heavy atom. The molecular weight excluding hydrogens is 224 g/mol. The second-order valence-corrected chi connectivity index (χ2v) is 4.60. The molecule has 0 bridgehead atoms. The fourth-order valence-corrected chi connectivity index (χ4v) is 1.79. The van der Waals surface area contributed by atoms with Gasteiger partial charge < -0.3 is 5.73 Å². The summed E-state index contributed by atoms with van der Waals surface area (Å²) in [5.74, 6) is 0.0530. The minimum absolute atomic E-state index is 0.431. The van der Waals surface area contributed by atoms with E-state index in [9.17, 15) is 4.79 Å². The molecule has 1 amide bonds. The van der Waals surface area contributed by atoms with E-state index in [-0.39, 0.29) is 0 Å². The van der Waals surface area contributed by atoms with Crippen LogP contribution in [0.25, 0.3) is 11.1 Å². The fourth-order valence-electron chi connectivity index (χ4n) is 1.79. The van der Waals surface area contributed by atoms with E-state index in [0.29, 0.717) is 11.5 Å². The molecule has 1 aromatic heterocycles. The molecule has 0 saturated heterocycles. The Morgan fingerprint density at radius 1 is 1.11 bits per heavy atom. The first kappa shape index (κ1) is 12.3. The van der Waals surface area contributed by atoms with Crippen molar-refractivity contribution in [2.75, 3.05) is 0 Å². The van der Waals surface area contributed by atoms with Crippen LogP contribution in [0, 0.1) is 0 Å². The number of carbonyl (C=O) groups is 1. The summed E-state index contributed by atoms with van der Waals surface area (Å²) in [6.45, 7) is 4.31. The van der Waals surface area contributed by atoms with Crippen LogP contribution in [-0.2, 0) is 0 Å². The van der Waals surface area contributed by atoms with Gasteiger partial charge in [-0.25, -0.2) is 0 Å². The van der Waals surface area contributed by atoms with Crippen LogP contribution >= 0.6 is 0 Å². The van der Waals surface area contributed by atoms with E-state index in [2.05, 4.69) is 31.0 Å². The van der Waals surface area contributed by atoms with E-state index in [0.717, 1.165) is 11.1 Å². The molecule has 92 valence electrons. The van der Waals surface area contributed by atoms with E-state index in [4.69, 9.17) is 5.73 Å². The monoisotopic (exact) mass is 240 g/mol. The first-order chi connectivity index (χ1) is 8.58. The van der Waals surface area contributed by atoms with Crippen molar-refractivity contribution in [1.29, 1.82) is 0 Å². The zero-order valence-corrected chi connectivity index (χ0v) is 10.6. The van der Waals surface area contributed by atoms with E-state index in [1.54, 1.807) is 12.3 Å². The number of nitrogens with two attached hydrogens (primary N) is 1. The highest BCUT2D eigenvalue weighted by molar-refractivity contribution is 5.93. The third kappa shape index (κ3) is 2.56. The molecule has 18 heavy (non-hydrogen) atoms. The molecule has 0 aliphatic heterocycles. The first-order valence-electron chi connectivity index (χ1n) is 5.93. The summed E-state index contributed by atoms with van der Waals surface area (Å²) >= 11 is 0. The lowest BCUT2D eigenvalue weighted by molar-refractivity contribution is 0.1000. The number of amides is 1. The summed E-state index contributed by atoms with van der Waals surface area (Å²) in [6.07, 6.45) is 3.21. The van der Waals surface area contributed by atoms with Crippen LogP contribution in [0.2, 0.25) is 0 Å². The number of primary amides is 1. The molecule has 0 spiro atoms. The predicted molar refractivity (Wildman–Crippen MR) is 72.3 cm³/mol. The van der Waals surface area contributed by atoms with Gasteiger partial charge in [0.2, 0.25) is 5.91 Å². The summed E-state index contributed by atoms with van der Waals surface area (Å²) in [6, 6.07) is 10.0. The van der Waals surface area contributed by atoms with Crippen molar-refractivity contribution in [2.45, 2.75) is 19.8 Å². The topological polar surface area (TPSA) is 56.0 Å². The summed E-state index contributed by atoms with van der Waals surface area (Å²) in [5, 5.41) is 0. The maximum atomic E-state index is 11.1. The molecule has 3 nitrogen and oxygen atoms in total. The van der Waals surface area contributed by atoms with Gasteiger partial charge >= 0.3 is 0 Å². The van der Waals surface area contributed by atoms with Crippen molar-refractivity contribution < 1.29 is 4.79 Å². The highest BCUT2D eigenvalue weighted by Gasteiger charge is 2.05. The average Bonchev–Trinajstić information content (AvgIpc) is 2.39. The summed E-state index contributed by atoms with van der Waals surface area (Å²) in [7, 11) is 0. The molecule has 2 N–H and O–H groups in total. The minimum atomic E-state index is -0.455. The van der Waals surface area contributed by atoms with Crippen LogP contribution in [-0.4, -0.2) is 10.9 Å². The zero-order chi connectivity index (χ0) is 13.1. The molecule has 0 aliphatic carbocycles. The van der Waals surface area contributed by atoms with Gasteiger partial charge in [0.25, 0.3) is 0 Å². The van der Waals surface area contributed by atoms with Gasteiger partial charge in [-0.05, 0) is 23.1 Å². The quantitative estimate of drug-likeness (QED) is 0.896. The Kier molecular flexibility index (Phi) is 3.42. The molecule has 3 heteroatoms. The van der Waals surface area contributed by atoms with Crippen molar-refractivity contribution in [1.82, 2.24) is 4.98 Å². The molecule has 2 rings (SSSR count). The fraction of sp³-hybridized carbons (Fsp3) is 0.200. The van der Waals surface area contributed by atoms with Crippen molar-refractivity contribution in [3.05, 3.63) is 53.9 Å². The molecule has 0 radical (unpaired) electrons. The van der Waals surface area contributed by atoms with Crippen LogP contribution in [0.3, 0.4) is 0 Å². The van der Waals surface area contributed by atoms with Crippen molar-refractivity contribution in [2.24, 2.45) is 5.73 Å². The van der Waals surface area contributed by atoms with Gasteiger partial charge in [0.05, 0.1) is 5.56 Å². The number of rotatable bonds is 3. The Balaban J connectivity index is 2.36. The summed E-state index contributed by atoms with van der Waals surface area (Å²) < 4.78 is 0. The highest BCUT2D eigenvalue weighted by atomic mass is 16.1. The van der Waals surface area contributed by atoms with Gasteiger partial charge in [-0.15, -0.1) is 0 Å². The predicted octanol–water partition coefficient (Wildman–Crippen LogP) is 2.97. The van der Waals surface area contributed by atoms with E-state index in [1.807, 2.05) is 12.1 Å². The van der Waals surface area contributed by atoms with Crippen LogP contribution < -0.4 is 5.73 Å².